The van der Waals surface area contributed by atoms with Crippen molar-refractivity contribution in [2.45, 2.75) is 58.2 Å². The number of benzene rings is 2. The molecule has 2 amide bonds. The Bertz CT molecular complexity index is 1310. The third-order valence-corrected chi connectivity index (χ3v) is 6.51. The number of carbonyl (C=O) groups excluding carboxylic acids is 5. The Morgan fingerprint density at radius 1 is 0.900 bits per heavy atom. The van der Waals surface area contributed by atoms with E-state index >= 15 is 0 Å². The lowest BCUT2D eigenvalue weighted by Crippen LogP contribution is -2.65. The monoisotopic (exact) mass is 554 g/mol. The van der Waals surface area contributed by atoms with E-state index in [0.29, 0.717) is 11.3 Å². The summed E-state index contributed by atoms with van der Waals surface area (Å²) in [7, 11) is 1.46. The average molecular weight is 555 g/mol. The van der Waals surface area contributed by atoms with Gasteiger partial charge in [-0.15, -0.1) is 0 Å². The van der Waals surface area contributed by atoms with Gasteiger partial charge in [0.15, 0.2) is 12.2 Å². The molecule has 0 saturated carbocycles. The van der Waals surface area contributed by atoms with Crippen molar-refractivity contribution in [2.75, 3.05) is 13.7 Å². The number of aryl methyl sites for hydroxylation is 1. The van der Waals surface area contributed by atoms with Crippen LogP contribution in [-0.4, -0.2) is 72.8 Å². The van der Waals surface area contributed by atoms with E-state index in [1.54, 1.807) is 24.3 Å². The number of nitrogens with one attached hydrogen (secondary N) is 1. The van der Waals surface area contributed by atoms with Crippen LogP contribution in [-0.2, 0) is 33.3 Å². The summed E-state index contributed by atoms with van der Waals surface area (Å²) in [6.45, 7) is 5.05. The van der Waals surface area contributed by atoms with Crippen molar-refractivity contribution in [2.24, 2.45) is 0 Å². The fourth-order valence-electron chi connectivity index (χ4n) is 4.88. The summed E-state index contributed by atoms with van der Waals surface area (Å²) in [4.78, 5) is 62.7. The summed E-state index contributed by atoms with van der Waals surface area (Å²) < 4.78 is 28.4. The van der Waals surface area contributed by atoms with Crippen LogP contribution >= 0.6 is 0 Å². The van der Waals surface area contributed by atoms with Crippen LogP contribution < -0.4 is 10.2 Å². The standard InChI is InChI=1S/C28H30N2O10/c1-14-10-11-21(36-5)20(12-14)24-23(29-30-27(34)18-8-6-7-9-19(18)28(30)35)26(39-17(4)33)25(38-16(3)32)22(40-24)13-37-15(2)31/h6-12,22-26,29H,13H2,1-5H3/t22-,23+,24+,25-,26-/m1/s1. The largest absolute Gasteiger partial charge is 0.496 e. The Balaban J connectivity index is 1.84. The Morgan fingerprint density at radius 3 is 2.05 bits per heavy atom. The van der Waals surface area contributed by atoms with Gasteiger partial charge in [0, 0.05) is 26.3 Å². The van der Waals surface area contributed by atoms with Crippen LogP contribution in [0.1, 0.15) is 58.7 Å². The molecule has 12 nitrogen and oxygen atoms in total. The smallest absolute Gasteiger partial charge is 0.303 e. The number of imide groups is 1. The van der Waals surface area contributed by atoms with Crippen molar-refractivity contribution in [1.29, 1.82) is 0 Å². The van der Waals surface area contributed by atoms with E-state index < -0.39 is 60.2 Å². The van der Waals surface area contributed by atoms with E-state index in [-0.39, 0.29) is 17.7 Å². The van der Waals surface area contributed by atoms with Crippen LogP contribution in [0.25, 0.3) is 0 Å². The van der Waals surface area contributed by atoms with Crippen LogP contribution in [0.5, 0.6) is 5.75 Å². The lowest BCUT2D eigenvalue weighted by atomic mass is 9.88. The molecule has 0 unspecified atom stereocenters. The third-order valence-electron chi connectivity index (χ3n) is 6.51. The molecule has 0 aromatic heterocycles. The second-order valence-corrected chi connectivity index (χ2v) is 9.44. The molecule has 1 N–H and O–H groups in total. The van der Waals surface area contributed by atoms with Gasteiger partial charge in [-0.2, -0.15) is 0 Å². The van der Waals surface area contributed by atoms with Crippen LogP contribution in [0.4, 0.5) is 0 Å². The number of hydrogen-bond donors (Lipinski definition) is 1. The van der Waals surface area contributed by atoms with E-state index in [1.165, 1.54) is 33.1 Å². The van der Waals surface area contributed by atoms with Crippen LogP contribution in [0.15, 0.2) is 42.5 Å². The van der Waals surface area contributed by atoms with Crippen molar-refractivity contribution in [3.8, 4) is 5.75 Å². The van der Waals surface area contributed by atoms with Crippen molar-refractivity contribution in [3.63, 3.8) is 0 Å². The SMILES string of the molecule is COc1ccc(C)cc1[C@@H]1O[C@H](COC(C)=O)[C@@H](OC(C)=O)[C@H](OC(C)=O)[C@H]1NN1C(=O)c2ccccc2C1=O. The molecule has 2 aliphatic heterocycles. The molecule has 212 valence electrons. The first-order valence-electron chi connectivity index (χ1n) is 12.5. The number of esters is 3. The molecule has 4 rings (SSSR count). The van der Waals surface area contributed by atoms with Gasteiger partial charge in [-0.25, -0.2) is 10.4 Å². The number of amides is 2. The number of carbonyl (C=O) groups is 5. The highest BCUT2D eigenvalue weighted by atomic mass is 16.6. The zero-order valence-electron chi connectivity index (χ0n) is 22.7. The van der Waals surface area contributed by atoms with Crippen molar-refractivity contribution in [3.05, 3.63) is 64.7 Å². The summed E-state index contributed by atoms with van der Waals surface area (Å²) in [6, 6.07) is 10.5. The topological polar surface area (TPSA) is 147 Å². The molecule has 0 spiro atoms. The highest BCUT2D eigenvalue weighted by molar-refractivity contribution is 6.21. The minimum Gasteiger partial charge on any atom is -0.496 e. The lowest BCUT2D eigenvalue weighted by Gasteiger charge is -2.46. The van der Waals surface area contributed by atoms with Crippen molar-refractivity contribution >= 4 is 29.7 Å². The maximum absolute atomic E-state index is 13.3. The van der Waals surface area contributed by atoms with E-state index in [0.717, 1.165) is 17.5 Å². The maximum atomic E-state index is 13.3. The minimum absolute atomic E-state index is 0.190. The van der Waals surface area contributed by atoms with Gasteiger partial charge >= 0.3 is 17.9 Å². The fraction of sp³-hybridized carbons (Fsp3) is 0.393. The Morgan fingerprint density at radius 2 is 1.50 bits per heavy atom. The highest BCUT2D eigenvalue weighted by Crippen LogP contribution is 2.40. The second kappa shape index (κ2) is 11.8. The highest BCUT2D eigenvalue weighted by Gasteiger charge is 2.53. The Hall–Kier alpha value is -4.29. The molecular formula is C28H30N2O10. The average Bonchev–Trinajstić information content (AvgIpc) is 3.14. The summed E-state index contributed by atoms with van der Waals surface area (Å²) in [5.74, 6) is -2.89. The van der Waals surface area contributed by atoms with Gasteiger partial charge in [-0.05, 0) is 31.2 Å². The van der Waals surface area contributed by atoms with E-state index in [9.17, 15) is 24.0 Å². The molecule has 5 atom stereocenters. The van der Waals surface area contributed by atoms with Gasteiger partial charge in [-0.3, -0.25) is 24.0 Å². The summed E-state index contributed by atoms with van der Waals surface area (Å²) in [5.41, 5.74) is 4.61. The van der Waals surface area contributed by atoms with Gasteiger partial charge < -0.3 is 23.7 Å². The number of hydrogen-bond acceptors (Lipinski definition) is 11. The van der Waals surface area contributed by atoms with E-state index in [4.69, 9.17) is 23.7 Å². The molecule has 12 heteroatoms. The number of methoxy groups -OCH3 is 1. The molecule has 1 fully saturated rings. The fourth-order valence-corrected chi connectivity index (χ4v) is 4.88. The predicted molar refractivity (Wildman–Crippen MR) is 137 cm³/mol. The molecule has 2 aromatic rings. The van der Waals surface area contributed by atoms with Gasteiger partial charge in [0.25, 0.3) is 11.8 Å². The molecule has 0 radical (unpaired) electrons. The predicted octanol–water partition coefficient (Wildman–Crippen LogP) is 2.04. The Kier molecular flexibility index (Phi) is 8.50. The van der Waals surface area contributed by atoms with Gasteiger partial charge in [0.1, 0.15) is 24.6 Å². The number of nitrogens with zero attached hydrogens (tertiary/aromatic N) is 1. The number of rotatable bonds is 8. The molecule has 2 aliphatic rings. The molecule has 0 aliphatic carbocycles. The third kappa shape index (κ3) is 5.82. The van der Waals surface area contributed by atoms with Crippen molar-refractivity contribution < 1.29 is 47.7 Å². The van der Waals surface area contributed by atoms with Crippen LogP contribution in [0.3, 0.4) is 0 Å². The summed E-state index contributed by atoms with van der Waals surface area (Å²) in [6.07, 6.45) is -4.71. The van der Waals surface area contributed by atoms with Gasteiger partial charge in [0.05, 0.1) is 24.3 Å². The molecule has 2 aromatic carbocycles. The molecular weight excluding hydrogens is 524 g/mol. The first-order valence-corrected chi connectivity index (χ1v) is 12.5. The first-order chi connectivity index (χ1) is 19.0. The van der Waals surface area contributed by atoms with Crippen LogP contribution in [0.2, 0.25) is 0 Å². The van der Waals surface area contributed by atoms with Gasteiger partial charge in [0.2, 0.25) is 0 Å². The number of fused-ring (bicyclic) bond motifs is 1. The number of ether oxygens (including phenoxy) is 5. The summed E-state index contributed by atoms with van der Waals surface area (Å²) in [5, 5.41) is 0.821. The molecule has 1 saturated heterocycles. The van der Waals surface area contributed by atoms with Crippen molar-refractivity contribution in [1.82, 2.24) is 10.4 Å². The second-order valence-electron chi connectivity index (χ2n) is 9.44. The normalized spacial score (nSPS) is 23.8. The Labute approximate surface area is 230 Å². The molecule has 40 heavy (non-hydrogen) atoms. The zero-order chi connectivity index (χ0) is 29.1. The minimum atomic E-state index is -1.30. The van der Waals surface area contributed by atoms with Gasteiger partial charge in [-0.1, -0.05) is 23.8 Å². The molecule has 0 bridgehead atoms. The summed E-state index contributed by atoms with van der Waals surface area (Å²) >= 11 is 0. The number of hydrazine groups is 1. The van der Waals surface area contributed by atoms with Crippen LogP contribution in [0, 0.1) is 6.92 Å². The van der Waals surface area contributed by atoms with E-state index in [2.05, 4.69) is 5.43 Å². The quantitative estimate of drug-likeness (QED) is 0.290. The first kappa shape index (κ1) is 28.7. The maximum Gasteiger partial charge on any atom is 0.303 e. The molecule has 2 heterocycles. The lowest BCUT2D eigenvalue weighted by molar-refractivity contribution is -0.228. The van der Waals surface area contributed by atoms with E-state index in [1.807, 2.05) is 13.0 Å². The zero-order valence-corrected chi connectivity index (χ0v) is 22.7.